The largest absolute Gasteiger partial charge is 0.484 e. The molecule has 1 aliphatic heterocycles. The van der Waals surface area contributed by atoms with Crippen LogP contribution >= 0.6 is 0 Å². The minimum absolute atomic E-state index is 0.00561. The molecule has 0 atom stereocenters. The summed E-state index contributed by atoms with van der Waals surface area (Å²) in [6, 6.07) is 7.47. The summed E-state index contributed by atoms with van der Waals surface area (Å²) in [4.78, 5) is 27.0. The van der Waals surface area contributed by atoms with E-state index in [0.717, 1.165) is 55.7 Å². The van der Waals surface area contributed by atoms with Crippen LogP contribution < -0.4 is 15.6 Å². The molecule has 30 heavy (non-hydrogen) atoms. The van der Waals surface area contributed by atoms with Crippen molar-refractivity contribution >= 4 is 16.8 Å². The van der Waals surface area contributed by atoms with Gasteiger partial charge in [0.15, 0.2) is 6.61 Å². The number of nitrogens with one attached hydrogen (secondary N) is 1. The summed E-state index contributed by atoms with van der Waals surface area (Å²) in [5.74, 6) is 0.696. The Hall–Kier alpha value is -2.38. The number of carbonyl (C=O) groups excluding carboxylic acids is 1. The average Bonchev–Trinajstić information content (AvgIpc) is 2.74. The van der Waals surface area contributed by atoms with Gasteiger partial charge < -0.3 is 19.4 Å². The molecule has 2 aromatic rings. The minimum atomic E-state index is -0.148. The second kappa shape index (κ2) is 10.6. The van der Waals surface area contributed by atoms with Crippen LogP contribution in [0.5, 0.6) is 5.75 Å². The van der Waals surface area contributed by atoms with Gasteiger partial charge >= 0.3 is 0 Å². The number of amides is 1. The van der Waals surface area contributed by atoms with Crippen molar-refractivity contribution in [2.45, 2.75) is 39.7 Å². The highest BCUT2D eigenvalue weighted by Gasteiger charge is 2.13. The molecule has 0 bridgehead atoms. The Morgan fingerprint density at radius 3 is 2.67 bits per heavy atom. The third kappa shape index (κ3) is 5.61. The highest BCUT2D eigenvalue weighted by atomic mass is 16.5. The zero-order valence-corrected chi connectivity index (χ0v) is 18.3. The van der Waals surface area contributed by atoms with Crippen molar-refractivity contribution in [2.24, 2.45) is 0 Å². The monoisotopic (exact) mass is 415 g/mol. The number of carbonyl (C=O) groups is 1. The van der Waals surface area contributed by atoms with Gasteiger partial charge in [0.1, 0.15) is 5.75 Å². The number of ether oxygens (including phenoxy) is 2. The lowest BCUT2D eigenvalue weighted by molar-refractivity contribution is -0.123. The van der Waals surface area contributed by atoms with Crippen molar-refractivity contribution in [3.05, 3.63) is 40.2 Å². The number of benzene rings is 1. The fourth-order valence-corrected chi connectivity index (χ4v) is 3.79. The predicted octanol–water partition coefficient (Wildman–Crippen LogP) is 2.36. The van der Waals surface area contributed by atoms with Gasteiger partial charge in [0.05, 0.1) is 18.7 Å². The van der Waals surface area contributed by atoms with Crippen molar-refractivity contribution in [3.63, 3.8) is 0 Å². The minimum Gasteiger partial charge on any atom is -0.484 e. The van der Waals surface area contributed by atoms with E-state index in [9.17, 15) is 9.59 Å². The third-order valence-electron chi connectivity index (χ3n) is 5.41. The molecule has 1 amide bonds. The van der Waals surface area contributed by atoms with Crippen molar-refractivity contribution < 1.29 is 14.3 Å². The molecule has 1 saturated heterocycles. The second-order valence-electron chi connectivity index (χ2n) is 8.02. The maximum atomic E-state index is 12.6. The number of rotatable bonds is 9. The number of hydrogen-bond acceptors (Lipinski definition) is 5. The van der Waals surface area contributed by atoms with Crippen molar-refractivity contribution in [3.8, 4) is 5.75 Å². The standard InChI is InChI=1S/C23H33N3O4/c1-4-8-26-21-14-18(5-6-19(21)20(17(2)3)15-23(26)28)30-16-22(27)24-7-9-25-10-12-29-13-11-25/h5-6,14-15,17H,4,7-13,16H2,1-3H3,(H,24,27). The normalized spacial score (nSPS) is 14.9. The highest BCUT2D eigenvalue weighted by Crippen LogP contribution is 2.27. The second-order valence-corrected chi connectivity index (χ2v) is 8.02. The van der Waals surface area contributed by atoms with Gasteiger partial charge in [-0.2, -0.15) is 0 Å². The lowest BCUT2D eigenvalue weighted by Gasteiger charge is -2.26. The summed E-state index contributed by atoms with van der Waals surface area (Å²) in [6.07, 6.45) is 0.868. The van der Waals surface area contributed by atoms with E-state index in [1.54, 1.807) is 10.6 Å². The topological polar surface area (TPSA) is 72.8 Å². The maximum Gasteiger partial charge on any atom is 0.257 e. The molecule has 0 unspecified atom stereocenters. The molecule has 7 nitrogen and oxygen atoms in total. The zero-order chi connectivity index (χ0) is 21.5. The number of aromatic nitrogens is 1. The van der Waals surface area contributed by atoms with E-state index in [2.05, 4.69) is 31.0 Å². The summed E-state index contributed by atoms with van der Waals surface area (Å²) >= 11 is 0. The molecule has 0 saturated carbocycles. The number of fused-ring (bicyclic) bond motifs is 1. The Balaban J connectivity index is 1.65. The molecule has 0 radical (unpaired) electrons. The molecule has 1 aromatic heterocycles. The summed E-state index contributed by atoms with van der Waals surface area (Å²) < 4.78 is 12.8. The summed E-state index contributed by atoms with van der Waals surface area (Å²) in [5.41, 5.74) is 1.90. The number of hydrogen-bond donors (Lipinski definition) is 1. The van der Waals surface area contributed by atoms with E-state index in [1.165, 1.54) is 0 Å². The Morgan fingerprint density at radius 1 is 1.20 bits per heavy atom. The first-order valence-electron chi connectivity index (χ1n) is 10.9. The number of morpholine rings is 1. The Morgan fingerprint density at radius 2 is 1.97 bits per heavy atom. The average molecular weight is 416 g/mol. The van der Waals surface area contributed by atoms with Crippen LogP contribution in [0.4, 0.5) is 0 Å². The van der Waals surface area contributed by atoms with Crippen molar-refractivity contribution in [2.75, 3.05) is 46.0 Å². The van der Waals surface area contributed by atoms with Gasteiger partial charge in [0.25, 0.3) is 11.5 Å². The van der Waals surface area contributed by atoms with E-state index >= 15 is 0 Å². The summed E-state index contributed by atoms with van der Waals surface area (Å²) in [7, 11) is 0. The molecule has 7 heteroatoms. The SMILES string of the molecule is CCCn1c(=O)cc(C(C)C)c2ccc(OCC(=O)NCCN3CCOCC3)cc21. The van der Waals surface area contributed by atoms with Gasteiger partial charge in [0.2, 0.25) is 0 Å². The summed E-state index contributed by atoms with van der Waals surface area (Å²) in [6.45, 7) is 11.5. The van der Waals surface area contributed by atoms with Gasteiger partial charge in [-0.1, -0.05) is 20.8 Å². The smallest absolute Gasteiger partial charge is 0.257 e. The van der Waals surface area contributed by atoms with E-state index in [-0.39, 0.29) is 24.0 Å². The van der Waals surface area contributed by atoms with Crippen LogP contribution in [0.2, 0.25) is 0 Å². The lowest BCUT2D eigenvalue weighted by atomic mass is 9.98. The highest BCUT2D eigenvalue weighted by molar-refractivity contribution is 5.84. The molecular formula is C23H33N3O4. The molecular weight excluding hydrogens is 382 g/mol. The molecule has 1 N–H and O–H groups in total. The Labute approximate surface area is 178 Å². The van der Waals surface area contributed by atoms with Crippen LogP contribution in [0.25, 0.3) is 10.9 Å². The van der Waals surface area contributed by atoms with E-state index in [0.29, 0.717) is 18.8 Å². The molecule has 1 aromatic carbocycles. The number of pyridine rings is 1. The quantitative estimate of drug-likeness (QED) is 0.681. The fourth-order valence-electron chi connectivity index (χ4n) is 3.79. The number of aryl methyl sites for hydroxylation is 1. The zero-order valence-electron chi connectivity index (χ0n) is 18.3. The van der Waals surface area contributed by atoms with Crippen LogP contribution in [0.15, 0.2) is 29.1 Å². The van der Waals surface area contributed by atoms with E-state index in [1.807, 2.05) is 18.2 Å². The predicted molar refractivity (Wildman–Crippen MR) is 118 cm³/mol. The molecule has 3 rings (SSSR count). The maximum absolute atomic E-state index is 12.6. The fraction of sp³-hybridized carbons (Fsp3) is 0.565. The molecule has 0 spiro atoms. The van der Waals surface area contributed by atoms with Crippen molar-refractivity contribution in [1.29, 1.82) is 0 Å². The van der Waals surface area contributed by atoms with Gasteiger partial charge in [-0.25, -0.2) is 0 Å². The van der Waals surface area contributed by atoms with Crippen LogP contribution in [-0.2, 0) is 16.1 Å². The van der Waals surface area contributed by atoms with Crippen LogP contribution in [0.1, 0.15) is 38.7 Å². The molecule has 1 fully saturated rings. The van der Waals surface area contributed by atoms with Crippen LogP contribution in [0.3, 0.4) is 0 Å². The summed E-state index contributed by atoms with van der Waals surface area (Å²) in [5, 5.41) is 3.96. The van der Waals surface area contributed by atoms with Gasteiger partial charge in [-0.15, -0.1) is 0 Å². The molecule has 0 aliphatic carbocycles. The van der Waals surface area contributed by atoms with Gasteiger partial charge in [0, 0.05) is 50.2 Å². The van der Waals surface area contributed by atoms with Crippen LogP contribution in [-0.4, -0.2) is 61.4 Å². The first-order valence-corrected chi connectivity index (χ1v) is 10.9. The lowest BCUT2D eigenvalue weighted by Crippen LogP contribution is -2.42. The molecule has 1 aliphatic rings. The number of nitrogens with zero attached hydrogens (tertiary/aromatic N) is 2. The Bertz CT molecular complexity index is 917. The first-order chi connectivity index (χ1) is 14.5. The Kier molecular flexibility index (Phi) is 7.87. The van der Waals surface area contributed by atoms with Gasteiger partial charge in [-0.05, 0) is 30.0 Å². The molecule has 164 valence electrons. The van der Waals surface area contributed by atoms with E-state index < -0.39 is 0 Å². The van der Waals surface area contributed by atoms with Gasteiger partial charge in [-0.3, -0.25) is 14.5 Å². The van der Waals surface area contributed by atoms with E-state index in [4.69, 9.17) is 9.47 Å². The third-order valence-corrected chi connectivity index (χ3v) is 5.41. The van der Waals surface area contributed by atoms with Crippen LogP contribution in [0, 0.1) is 0 Å². The molecule has 2 heterocycles. The van der Waals surface area contributed by atoms with Crippen molar-refractivity contribution in [1.82, 2.24) is 14.8 Å². The first kappa shape index (κ1) is 22.3.